The number of nitrogens with zero attached hydrogens (tertiary/aromatic N) is 1. The fourth-order valence-electron chi connectivity index (χ4n) is 2.15. The maximum Gasteiger partial charge on any atom is 0.255 e. The summed E-state index contributed by atoms with van der Waals surface area (Å²) in [5, 5.41) is 5.91. The minimum atomic E-state index is -0.155. The van der Waals surface area contributed by atoms with Gasteiger partial charge in [-0.05, 0) is 25.3 Å². The third-order valence-corrected chi connectivity index (χ3v) is 3.60. The highest BCUT2D eigenvalue weighted by Crippen LogP contribution is 2.34. The Morgan fingerprint density at radius 1 is 1.56 bits per heavy atom. The molecule has 0 unspecified atom stereocenters. The smallest absolute Gasteiger partial charge is 0.255 e. The van der Waals surface area contributed by atoms with Crippen LogP contribution < -0.4 is 10.6 Å². The zero-order chi connectivity index (χ0) is 13.0. The average Bonchev–Trinajstić information content (AvgIpc) is 2.37. The van der Waals surface area contributed by atoms with Crippen LogP contribution in [-0.4, -0.2) is 37.2 Å². The molecule has 2 N–H and O–H groups in total. The Morgan fingerprint density at radius 3 is 2.89 bits per heavy atom. The molecule has 1 heterocycles. The number of nitrogens with one attached hydrogen (secondary N) is 2. The van der Waals surface area contributed by atoms with Crippen LogP contribution in [0.15, 0.2) is 18.5 Å². The van der Waals surface area contributed by atoms with Gasteiger partial charge in [-0.1, -0.05) is 0 Å². The molecule has 5 heteroatoms. The maximum atomic E-state index is 12.1. The van der Waals surface area contributed by atoms with Crippen LogP contribution in [0.3, 0.4) is 0 Å². The van der Waals surface area contributed by atoms with Crippen molar-refractivity contribution < 1.29 is 9.53 Å². The number of rotatable bonds is 5. The molecule has 0 radical (unpaired) electrons. The lowest BCUT2D eigenvalue weighted by Crippen LogP contribution is -2.49. The Kier molecular flexibility index (Phi) is 3.81. The molecule has 2 rings (SSSR count). The van der Waals surface area contributed by atoms with Crippen molar-refractivity contribution >= 4 is 11.6 Å². The van der Waals surface area contributed by atoms with E-state index in [0.717, 1.165) is 18.5 Å². The Balaban J connectivity index is 1.99. The second kappa shape index (κ2) is 5.35. The van der Waals surface area contributed by atoms with Gasteiger partial charge >= 0.3 is 0 Å². The number of pyridine rings is 1. The normalized spacial score (nSPS) is 16.8. The minimum Gasteiger partial charge on any atom is -0.387 e. The van der Waals surface area contributed by atoms with E-state index in [1.54, 1.807) is 32.6 Å². The molecule has 98 valence electrons. The summed E-state index contributed by atoms with van der Waals surface area (Å²) in [5.41, 5.74) is 1.19. The zero-order valence-electron chi connectivity index (χ0n) is 10.8. The summed E-state index contributed by atoms with van der Waals surface area (Å²) < 4.78 is 5.47. The lowest BCUT2D eigenvalue weighted by Gasteiger charge is -2.40. The van der Waals surface area contributed by atoms with Gasteiger partial charge in [0.2, 0.25) is 0 Å². The molecule has 0 spiro atoms. The number of methoxy groups -OCH3 is 1. The van der Waals surface area contributed by atoms with E-state index in [0.29, 0.717) is 12.1 Å². The van der Waals surface area contributed by atoms with Crippen LogP contribution in [-0.2, 0) is 4.74 Å². The van der Waals surface area contributed by atoms with Gasteiger partial charge in [-0.3, -0.25) is 9.78 Å². The molecule has 1 aromatic heterocycles. The Hall–Kier alpha value is -1.62. The Bertz CT molecular complexity index is 424. The molecule has 0 bridgehead atoms. The van der Waals surface area contributed by atoms with E-state index in [2.05, 4.69) is 15.6 Å². The lowest BCUT2D eigenvalue weighted by molar-refractivity contribution is -0.0679. The molecule has 1 aromatic rings. The highest BCUT2D eigenvalue weighted by molar-refractivity contribution is 5.99. The molecule has 5 nitrogen and oxygen atoms in total. The van der Waals surface area contributed by atoms with E-state index >= 15 is 0 Å². The molecular weight excluding hydrogens is 230 g/mol. The van der Waals surface area contributed by atoms with Crippen molar-refractivity contribution in [3.8, 4) is 0 Å². The summed E-state index contributed by atoms with van der Waals surface area (Å²) in [6, 6.07) is 1.78. The van der Waals surface area contributed by atoms with Gasteiger partial charge in [-0.2, -0.15) is 0 Å². The summed E-state index contributed by atoms with van der Waals surface area (Å²) in [6.07, 6.45) is 6.41. The van der Waals surface area contributed by atoms with Crippen molar-refractivity contribution in [3.63, 3.8) is 0 Å². The van der Waals surface area contributed by atoms with Gasteiger partial charge in [-0.25, -0.2) is 0 Å². The first-order chi connectivity index (χ1) is 8.71. The Morgan fingerprint density at radius 2 is 2.33 bits per heavy atom. The van der Waals surface area contributed by atoms with Gasteiger partial charge in [0, 0.05) is 38.8 Å². The third kappa shape index (κ3) is 2.46. The first-order valence-electron chi connectivity index (χ1n) is 6.16. The first kappa shape index (κ1) is 12.8. The number of hydrogen-bond acceptors (Lipinski definition) is 4. The van der Waals surface area contributed by atoms with Crippen LogP contribution in [0.2, 0.25) is 0 Å². The number of hydrogen-bond donors (Lipinski definition) is 2. The zero-order valence-corrected chi connectivity index (χ0v) is 10.8. The van der Waals surface area contributed by atoms with E-state index in [-0.39, 0.29) is 11.5 Å². The second-order valence-electron chi connectivity index (χ2n) is 4.59. The van der Waals surface area contributed by atoms with E-state index < -0.39 is 0 Å². The molecular formula is C13H19N3O2. The van der Waals surface area contributed by atoms with E-state index in [1.807, 2.05) is 0 Å². The number of carbonyl (C=O) groups is 1. The summed E-state index contributed by atoms with van der Waals surface area (Å²) in [4.78, 5) is 16.1. The van der Waals surface area contributed by atoms with Crippen LogP contribution in [0.25, 0.3) is 0 Å². The standard InChI is InChI=1S/C13H19N3O2/c1-14-11-4-7-15-8-10(11)12(17)16-9-13(18-2)5-3-6-13/h4,7-8H,3,5-6,9H2,1-2H3,(H,14,15)(H,16,17). The summed E-state index contributed by atoms with van der Waals surface area (Å²) >= 11 is 0. The molecule has 0 aromatic carbocycles. The molecule has 0 atom stereocenters. The monoisotopic (exact) mass is 249 g/mol. The van der Waals surface area contributed by atoms with Crippen molar-refractivity contribution in [1.29, 1.82) is 0 Å². The fraction of sp³-hybridized carbons (Fsp3) is 0.538. The van der Waals surface area contributed by atoms with Crippen LogP contribution in [0, 0.1) is 0 Å². The lowest BCUT2D eigenvalue weighted by atomic mass is 9.80. The number of ether oxygens (including phenoxy) is 1. The van der Waals surface area contributed by atoms with Crippen LogP contribution >= 0.6 is 0 Å². The molecule has 1 aliphatic carbocycles. The maximum absolute atomic E-state index is 12.1. The number of anilines is 1. The van der Waals surface area contributed by atoms with Crippen molar-refractivity contribution in [3.05, 3.63) is 24.0 Å². The Labute approximate surface area is 107 Å². The molecule has 1 fully saturated rings. The van der Waals surface area contributed by atoms with E-state index in [1.165, 1.54) is 6.42 Å². The molecule has 0 aliphatic heterocycles. The van der Waals surface area contributed by atoms with E-state index in [4.69, 9.17) is 4.74 Å². The predicted octanol–water partition coefficient (Wildman–Crippen LogP) is 1.42. The number of amides is 1. The van der Waals surface area contributed by atoms with Gasteiger partial charge in [0.1, 0.15) is 0 Å². The summed E-state index contributed by atoms with van der Waals surface area (Å²) in [7, 11) is 3.49. The average molecular weight is 249 g/mol. The summed E-state index contributed by atoms with van der Waals surface area (Å²) in [6.45, 7) is 0.556. The highest BCUT2D eigenvalue weighted by atomic mass is 16.5. The SMILES string of the molecule is CNc1ccncc1C(=O)NCC1(OC)CCC1. The highest BCUT2D eigenvalue weighted by Gasteiger charge is 2.37. The first-order valence-corrected chi connectivity index (χ1v) is 6.16. The van der Waals surface area contributed by atoms with Crippen molar-refractivity contribution in [1.82, 2.24) is 10.3 Å². The van der Waals surface area contributed by atoms with Crippen LogP contribution in [0.1, 0.15) is 29.6 Å². The molecule has 1 saturated carbocycles. The van der Waals surface area contributed by atoms with Gasteiger partial charge in [0.15, 0.2) is 0 Å². The van der Waals surface area contributed by atoms with Gasteiger partial charge in [0.05, 0.1) is 11.2 Å². The fourth-order valence-corrected chi connectivity index (χ4v) is 2.15. The third-order valence-electron chi connectivity index (χ3n) is 3.60. The van der Waals surface area contributed by atoms with Gasteiger partial charge in [-0.15, -0.1) is 0 Å². The largest absolute Gasteiger partial charge is 0.387 e. The molecule has 1 aliphatic rings. The van der Waals surface area contributed by atoms with E-state index in [9.17, 15) is 4.79 Å². The predicted molar refractivity (Wildman–Crippen MR) is 69.7 cm³/mol. The van der Waals surface area contributed by atoms with Crippen molar-refractivity contribution in [2.45, 2.75) is 24.9 Å². The van der Waals surface area contributed by atoms with Crippen molar-refractivity contribution in [2.75, 3.05) is 26.0 Å². The second-order valence-corrected chi connectivity index (χ2v) is 4.59. The van der Waals surface area contributed by atoms with Gasteiger partial charge < -0.3 is 15.4 Å². The molecule has 1 amide bonds. The van der Waals surface area contributed by atoms with Crippen molar-refractivity contribution in [2.24, 2.45) is 0 Å². The molecule has 18 heavy (non-hydrogen) atoms. The topological polar surface area (TPSA) is 63.2 Å². The molecule has 0 saturated heterocycles. The van der Waals surface area contributed by atoms with Crippen LogP contribution in [0.4, 0.5) is 5.69 Å². The van der Waals surface area contributed by atoms with Crippen LogP contribution in [0.5, 0.6) is 0 Å². The summed E-state index contributed by atoms with van der Waals surface area (Å²) in [5.74, 6) is -0.115. The quantitative estimate of drug-likeness (QED) is 0.828. The minimum absolute atomic E-state index is 0.115. The number of carbonyl (C=O) groups excluding carboxylic acids is 1. The number of aromatic nitrogens is 1. The van der Waals surface area contributed by atoms with Gasteiger partial charge in [0.25, 0.3) is 5.91 Å².